The average molecular weight is 502 g/mol. The van der Waals surface area contributed by atoms with Crippen LogP contribution >= 0.6 is 15.9 Å². The molecule has 1 aliphatic rings. The third-order valence-electron chi connectivity index (χ3n) is 6.01. The fourth-order valence-electron chi connectivity index (χ4n) is 4.37. The zero-order valence-electron chi connectivity index (χ0n) is 17.8. The summed E-state index contributed by atoms with van der Waals surface area (Å²) in [5.74, 6) is -0.415. The number of esters is 1. The van der Waals surface area contributed by atoms with Crippen LogP contribution in [0.2, 0.25) is 0 Å². The molecule has 2 N–H and O–H groups in total. The van der Waals surface area contributed by atoms with Crippen LogP contribution < -0.4 is 15.7 Å². The van der Waals surface area contributed by atoms with Crippen molar-refractivity contribution in [1.29, 1.82) is 0 Å². The van der Waals surface area contributed by atoms with E-state index in [9.17, 15) is 14.4 Å². The van der Waals surface area contributed by atoms with Crippen molar-refractivity contribution in [2.24, 2.45) is 5.92 Å². The molecule has 0 atom stereocenters. The molecule has 168 valence electrons. The third-order valence-corrected chi connectivity index (χ3v) is 6.67. The number of imidazole rings is 1. The van der Waals surface area contributed by atoms with E-state index in [0.717, 1.165) is 28.3 Å². The number of hydrogen-bond donors (Lipinski definition) is 2. The Morgan fingerprint density at radius 3 is 2.56 bits per heavy atom. The lowest BCUT2D eigenvalue weighted by molar-refractivity contribution is -0.121. The maximum atomic E-state index is 12.9. The van der Waals surface area contributed by atoms with Gasteiger partial charge in [0.25, 0.3) is 0 Å². The van der Waals surface area contributed by atoms with Gasteiger partial charge in [-0.05, 0) is 71.9 Å². The van der Waals surface area contributed by atoms with Gasteiger partial charge in [0.05, 0.1) is 25.3 Å². The Morgan fingerprint density at radius 1 is 1.12 bits per heavy atom. The number of halogens is 1. The summed E-state index contributed by atoms with van der Waals surface area (Å²) in [6, 6.07) is 10.7. The van der Waals surface area contributed by atoms with Gasteiger partial charge in [-0.1, -0.05) is 6.07 Å². The molecule has 0 saturated heterocycles. The van der Waals surface area contributed by atoms with Crippen molar-refractivity contribution in [2.45, 2.75) is 31.7 Å². The number of amides is 1. The maximum Gasteiger partial charge on any atom is 0.341 e. The molecule has 1 aromatic heterocycles. The van der Waals surface area contributed by atoms with Gasteiger partial charge in [-0.2, -0.15) is 0 Å². The Balaban J connectivity index is 1.45. The molecule has 1 saturated carbocycles. The molecule has 1 amide bonds. The lowest BCUT2D eigenvalue weighted by Gasteiger charge is -2.28. The highest BCUT2D eigenvalue weighted by Gasteiger charge is 2.29. The summed E-state index contributed by atoms with van der Waals surface area (Å²) in [7, 11) is 2.76. The molecule has 2 aromatic carbocycles. The second-order valence-electron chi connectivity index (χ2n) is 7.84. The highest BCUT2D eigenvalue weighted by atomic mass is 79.9. The van der Waals surface area contributed by atoms with E-state index in [2.05, 4.69) is 26.2 Å². The standard InChI is InChI=1S/C23H24BrN3O5/c1-31-19-11-8-14(12-16(19)22(29)32-2)25-21(28)13-6-9-15(10-7-13)27-18-5-3-4-17(24)20(18)26-23(27)30/h3-5,8,11-13,15H,6-7,9-10H2,1-2H3,(H,25,28)(H,26,30). The molecule has 0 bridgehead atoms. The minimum absolute atomic E-state index is 0.0431. The summed E-state index contributed by atoms with van der Waals surface area (Å²) < 4.78 is 12.6. The first-order chi connectivity index (χ1) is 15.4. The number of carbonyl (C=O) groups excluding carboxylic acids is 2. The molecular formula is C23H24BrN3O5. The molecule has 1 fully saturated rings. The van der Waals surface area contributed by atoms with Crippen LogP contribution in [0.4, 0.5) is 5.69 Å². The lowest BCUT2D eigenvalue weighted by atomic mass is 9.85. The summed E-state index contributed by atoms with van der Waals surface area (Å²) in [6.07, 6.45) is 2.80. The van der Waals surface area contributed by atoms with Crippen molar-refractivity contribution >= 4 is 44.5 Å². The van der Waals surface area contributed by atoms with Crippen molar-refractivity contribution in [1.82, 2.24) is 9.55 Å². The second-order valence-corrected chi connectivity index (χ2v) is 8.69. The topological polar surface area (TPSA) is 102 Å². The zero-order valence-corrected chi connectivity index (χ0v) is 19.4. The average Bonchev–Trinajstić information content (AvgIpc) is 3.15. The zero-order chi connectivity index (χ0) is 22.8. The lowest BCUT2D eigenvalue weighted by Crippen LogP contribution is -2.31. The summed E-state index contributed by atoms with van der Waals surface area (Å²) in [5.41, 5.74) is 2.29. The molecule has 0 spiro atoms. The Kier molecular flexibility index (Phi) is 6.36. The number of methoxy groups -OCH3 is 2. The first-order valence-electron chi connectivity index (χ1n) is 10.4. The number of anilines is 1. The third kappa shape index (κ3) is 4.17. The molecule has 32 heavy (non-hydrogen) atoms. The molecule has 1 heterocycles. The van der Waals surface area contributed by atoms with Crippen LogP contribution in [-0.4, -0.2) is 35.6 Å². The Morgan fingerprint density at radius 2 is 1.88 bits per heavy atom. The number of aromatic nitrogens is 2. The number of hydrogen-bond acceptors (Lipinski definition) is 5. The number of nitrogens with one attached hydrogen (secondary N) is 2. The molecule has 0 unspecified atom stereocenters. The molecule has 0 aliphatic heterocycles. The van der Waals surface area contributed by atoms with Crippen LogP contribution in [0.25, 0.3) is 11.0 Å². The van der Waals surface area contributed by atoms with Crippen LogP contribution in [0.1, 0.15) is 42.1 Å². The molecule has 9 heteroatoms. The minimum Gasteiger partial charge on any atom is -0.496 e. The van der Waals surface area contributed by atoms with E-state index < -0.39 is 5.97 Å². The van der Waals surface area contributed by atoms with Gasteiger partial charge >= 0.3 is 11.7 Å². The Bertz CT molecular complexity index is 1220. The molecule has 1 aliphatic carbocycles. The largest absolute Gasteiger partial charge is 0.496 e. The van der Waals surface area contributed by atoms with Gasteiger partial charge in [-0.3, -0.25) is 9.36 Å². The fraction of sp³-hybridized carbons (Fsp3) is 0.348. The smallest absolute Gasteiger partial charge is 0.341 e. The van der Waals surface area contributed by atoms with Crippen molar-refractivity contribution in [2.75, 3.05) is 19.5 Å². The highest BCUT2D eigenvalue weighted by Crippen LogP contribution is 2.35. The first-order valence-corrected chi connectivity index (χ1v) is 11.2. The van der Waals surface area contributed by atoms with Gasteiger partial charge in [0.1, 0.15) is 11.3 Å². The van der Waals surface area contributed by atoms with Crippen LogP contribution in [0, 0.1) is 5.92 Å². The fourth-order valence-corrected chi connectivity index (χ4v) is 4.83. The first kappa shape index (κ1) is 22.1. The van der Waals surface area contributed by atoms with E-state index in [1.807, 2.05) is 18.2 Å². The summed E-state index contributed by atoms with van der Waals surface area (Å²) >= 11 is 3.48. The molecule has 8 nitrogen and oxygen atoms in total. The van der Waals surface area contributed by atoms with E-state index >= 15 is 0 Å². The summed E-state index contributed by atoms with van der Waals surface area (Å²) in [4.78, 5) is 40.3. The van der Waals surface area contributed by atoms with Crippen molar-refractivity contribution in [3.63, 3.8) is 0 Å². The van der Waals surface area contributed by atoms with Crippen LogP contribution in [0.15, 0.2) is 45.7 Å². The van der Waals surface area contributed by atoms with Crippen molar-refractivity contribution in [3.05, 3.63) is 56.9 Å². The summed E-state index contributed by atoms with van der Waals surface area (Å²) in [6.45, 7) is 0. The van der Waals surface area contributed by atoms with E-state index in [1.165, 1.54) is 14.2 Å². The predicted octanol–water partition coefficient (Wildman–Crippen LogP) is 4.26. The van der Waals surface area contributed by atoms with Gasteiger partial charge in [0, 0.05) is 22.1 Å². The highest BCUT2D eigenvalue weighted by molar-refractivity contribution is 9.10. The number of rotatable bonds is 5. The number of nitrogens with zero attached hydrogens (tertiary/aromatic N) is 1. The van der Waals surface area contributed by atoms with Crippen LogP contribution in [0.3, 0.4) is 0 Å². The van der Waals surface area contributed by atoms with Gasteiger partial charge < -0.3 is 19.8 Å². The Labute approximate surface area is 193 Å². The van der Waals surface area contributed by atoms with Crippen molar-refractivity contribution < 1.29 is 19.1 Å². The Hall–Kier alpha value is -3.07. The quantitative estimate of drug-likeness (QED) is 0.508. The van der Waals surface area contributed by atoms with Crippen LogP contribution in [-0.2, 0) is 9.53 Å². The monoisotopic (exact) mass is 501 g/mol. The number of aromatic amines is 1. The molecule has 3 aromatic rings. The second kappa shape index (κ2) is 9.20. The number of fused-ring (bicyclic) bond motifs is 1. The molecule has 0 radical (unpaired) electrons. The predicted molar refractivity (Wildman–Crippen MR) is 124 cm³/mol. The van der Waals surface area contributed by atoms with Gasteiger partial charge in [-0.15, -0.1) is 0 Å². The maximum absolute atomic E-state index is 12.9. The van der Waals surface area contributed by atoms with E-state index in [4.69, 9.17) is 9.47 Å². The van der Waals surface area contributed by atoms with Gasteiger partial charge in [0.2, 0.25) is 5.91 Å². The number of H-pyrrole nitrogens is 1. The van der Waals surface area contributed by atoms with E-state index in [-0.39, 0.29) is 29.1 Å². The van der Waals surface area contributed by atoms with E-state index in [0.29, 0.717) is 24.3 Å². The van der Waals surface area contributed by atoms with Crippen molar-refractivity contribution in [3.8, 4) is 5.75 Å². The number of ether oxygens (including phenoxy) is 2. The minimum atomic E-state index is -0.533. The molecular weight excluding hydrogens is 478 g/mol. The summed E-state index contributed by atoms with van der Waals surface area (Å²) in [5, 5.41) is 2.90. The van der Waals surface area contributed by atoms with Crippen LogP contribution in [0.5, 0.6) is 5.75 Å². The normalized spacial score (nSPS) is 18.3. The van der Waals surface area contributed by atoms with Gasteiger partial charge in [0.15, 0.2) is 0 Å². The number of carbonyl (C=O) groups is 2. The molecule has 4 rings (SSSR count). The van der Waals surface area contributed by atoms with Gasteiger partial charge in [-0.25, -0.2) is 9.59 Å². The number of para-hydroxylation sites is 1. The number of benzene rings is 2. The van der Waals surface area contributed by atoms with E-state index in [1.54, 1.807) is 22.8 Å². The SMILES string of the molecule is COC(=O)c1cc(NC(=O)C2CCC(n3c(=O)[nH]c4c(Br)cccc43)CC2)ccc1OC.